The summed E-state index contributed by atoms with van der Waals surface area (Å²) in [5.41, 5.74) is 0. The van der Waals surface area contributed by atoms with Crippen molar-refractivity contribution in [3.05, 3.63) is 6.26 Å². The highest BCUT2D eigenvalue weighted by molar-refractivity contribution is 8.00. The Kier molecular flexibility index (Phi) is 3.68. The molecule has 0 spiro atoms. The third-order valence-corrected chi connectivity index (χ3v) is 1.06. The van der Waals surface area contributed by atoms with Crippen molar-refractivity contribution in [2.45, 2.75) is 13.0 Å². The number of rotatable bonds is 2. The predicted octanol–water partition coefficient (Wildman–Crippen LogP) is 1.33. The number of hydrogen-bond donors (Lipinski definition) is 0. The van der Waals surface area contributed by atoms with E-state index in [0.717, 1.165) is 0 Å². The van der Waals surface area contributed by atoms with Crippen LogP contribution in [0.25, 0.3) is 0 Å². The van der Waals surface area contributed by atoms with Crippen LogP contribution in [0.15, 0.2) is 0 Å². The minimum Gasteiger partial charge on any atom is -0.233 e. The van der Waals surface area contributed by atoms with Crippen LogP contribution in [-0.2, 0) is 5.11 Å². The SMILES string of the molecule is [CH2]SCC(C)[O]. The summed E-state index contributed by atoms with van der Waals surface area (Å²) in [5.74, 6) is 0.625. The van der Waals surface area contributed by atoms with Crippen LogP contribution in [0.3, 0.4) is 0 Å². The van der Waals surface area contributed by atoms with Crippen molar-refractivity contribution in [2.75, 3.05) is 5.75 Å². The van der Waals surface area contributed by atoms with Gasteiger partial charge < -0.3 is 0 Å². The van der Waals surface area contributed by atoms with Gasteiger partial charge in [-0.1, -0.05) is 0 Å². The Morgan fingerprint density at radius 3 is 2.50 bits per heavy atom. The first-order valence-corrected chi connectivity index (χ1v) is 2.95. The van der Waals surface area contributed by atoms with Gasteiger partial charge in [-0.2, -0.15) is 11.8 Å². The van der Waals surface area contributed by atoms with Crippen molar-refractivity contribution < 1.29 is 5.11 Å². The molecule has 0 N–H and O–H groups in total. The molecule has 0 saturated heterocycles. The molecule has 0 bridgehead atoms. The lowest BCUT2D eigenvalue weighted by Gasteiger charge is -1.91. The van der Waals surface area contributed by atoms with Crippen molar-refractivity contribution >= 4 is 11.8 Å². The van der Waals surface area contributed by atoms with E-state index >= 15 is 0 Å². The topological polar surface area (TPSA) is 19.9 Å². The lowest BCUT2D eigenvalue weighted by Crippen LogP contribution is -1.98. The zero-order chi connectivity index (χ0) is 4.99. The molecule has 0 saturated carbocycles. The Bertz CT molecular complexity index is 28.7. The molecule has 0 rings (SSSR count). The van der Waals surface area contributed by atoms with E-state index in [1.165, 1.54) is 11.8 Å². The molecule has 0 aliphatic carbocycles. The first-order chi connectivity index (χ1) is 2.77. The Hall–Kier alpha value is 0.310. The fourth-order valence-electron chi connectivity index (χ4n) is 0.166. The maximum Gasteiger partial charge on any atom is 0.0992 e. The Labute approximate surface area is 42.8 Å². The zero-order valence-electron chi connectivity index (χ0n) is 3.81. The molecule has 0 aliphatic heterocycles. The summed E-state index contributed by atoms with van der Waals surface area (Å²) in [6.45, 7) is 1.64. The van der Waals surface area contributed by atoms with Crippen molar-refractivity contribution in [3.63, 3.8) is 0 Å². The molecule has 2 heteroatoms. The smallest absolute Gasteiger partial charge is 0.0992 e. The maximum atomic E-state index is 10.1. The molecule has 0 aromatic rings. The fourth-order valence-corrected chi connectivity index (χ4v) is 0.498. The van der Waals surface area contributed by atoms with Gasteiger partial charge in [-0.25, -0.2) is 5.11 Å². The average molecular weight is 104 g/mol. The van der Waals surface area contributed by atoms with E-state index in [2.05, 4.69) is 6.26 Å². The van der Waals surface area contributed by atoms with E-state index < -0.39 is 6.10 Å². The molecule has 1 unspecified atom stereocenters. The minimum atomic E-state index is -0.451. The third kappa shape index (κ3) is 4.31. The average Bonchev–Trinajstić information content (AvgIpc) is 1.35. The van der Waals surface area contributed by atoms with Crippen LogP contribution >= 0.6 is 11.8 Å². The van der Waals surface area contributed by atoms with Gasteiger partial charge in [-0.15, -0.1) is 0 Å². The number of thioether (sulfide) groups is 1. The van der Waals surface area contributed by atoms with Gasteiger partial charge in [0.2, 0.25) is 0 Å². The monoisotopic (exact) mass is 104 g/mol. The molecule has 0 aromatic heterocycles. The molecule has 0 aromatic carbocycles. The van der Waals surface area contributed by atoms with Gasteiger partial charge in [0.15, 0.2) is 0 Å². The van der Waals surface area contributed by atoms with Gasteiger partial charge in [0.1, 0.15) is 0 Å². The van der Waals surface area contributed by atoms with Crippen LogP contribution < -0.4 is 0 Å². The van der Waals surface area contributed by atoms with Gasteiger partial charge >= 0.3 is 0 Å². The van der Waals surface area contributed by atoms with Gasteiger partial charge in [-0.05, 0) is 6.92 Å². The Morgan fingerprint density at radius 1 is 2.00 bits per heavy atom. The highest BCUT2D eigenvalue weighted by Gasteiger charge is 1.90. The number of hydrogen-bond acceptors (Lipinski definition) is 1. The van der Waals surface area contributed by atoms with E-state index in [4.69, 9.17) is 0 Å². The van der Waals surface area contributed by atoms with Crippen LogP contribution in [0.4, 0.5) is 0 Å². The van der Waals surface area contributed by atoms with Crippen molar-refractivity contribution in [1.29, 1.82) is 0 Å². The second-order valence-electron chi connectivity index (χ2n) is 1.18. The summed E-state index contributed by atoms with van der Waals surface area (Å²) < 4.78 is 0. The standard InChI is InChI=1S/C4H8OS/c1-4(5)3-6-2/h4H,2-3H2,1H3. The van der Waals surface area contributed by atoms with Crippen LogP contribution in [0, 0.1) is 6.26 Å². The predicted molar refractivity (Wildman–Crippen MR) is 28.0 cm³/mol. The first-order valence-electron chi connectivity index (χ1n) is 1.80. The van der Waals surface area contributed by atoms with Gasteiger partial charge in [0.25, 0.3) is 0 Å². The third-order valence-electron chi connectivity index (χ3n) is 0.353. The molecular formula is C4H8OS. The second-order valence-corrected chi connectivity index (χ2v) is 1.92. The minimum absolute atomic E-state index is 0.451. The molecule has 0 fully saturated rings. The normalized spacial score (nSPS) is 14.5. The molecule has 0 aliphatic rings. The van der Waals surface area contributed by atoms with E-state index in [0.29, 0.717) is 5.75 Å². The van der Waals surface area contributed by atoms with Crippen LogP contribution in [0.5, 0.6) is 0 Å². The summed E-state index contributed by atoms with van der Waals surface area (Å²) in [7, 11) is 0. The zero-order valence-corrected chi connectivity index (χ0v) is 4.62. The summed E-state index contributed by atoms with van der Waals surface area (Å²) in [6.07, 6.45) is 2.99. The summed E-state index contributed by atoms with van der Waals surface area (Å²) in [6, 6.07) is 0. The van der Waals surface area contributed by atoms with E-state index in [-0.39, 0.29) is 0 Å². The molecule has 0 heterocycles. The molecule has 0 amide bonds. The van der Waals surface area contributed by atoms with E-state index in [1.807, 2.05) is 0 Å². The molecule has 6 heavy (non-hydrogen) atoms. The van der Waals surface area contributed by atoms with Gasteiger partial charge in [-0.3, -0.25) is 0 Å². The Balaban J connectivity index is 2.63. The van der Waals surface area contributed by atoms with Crippen molar-refractivity contribution in [2.24, 2.45) is 0 Å². The summed E-state index contributed by atoms with van der Waals surface area (Å²) in [4.78, 5) is 0. The molecule has 2 radical (unpaired) electrons. The maximum absolute atomic E-state index is 10.1. The van der Waals surface area contributed by atoms with Gasteiger partial charge in [0, 0.05) is 12.0 Å². The second kappa shape index (κ2) is 3.50. The van der Waals surface area contributed by atoms with E-state index in [9.17, 15) is 5.11 Å². The summed E-state index contributed by atoms with van der Waals surface area (Å²) >= 11 is 1.35. The van der Waals surface area contributed by atoms with Crippen molar-refractivity contribution in [3.8, 4) is 0 Å². The van der Waals surface area contributed by atoms with Gasteiger partial charge in [0.05, 0.1) is 6.10 Å². The Morgan fingerprint density at radius 2 is 2.50 bits per heavy atom. The lowest BCUT2D eigenvalue weighted by molar-refractivity contribution is 0.126. The molecule has 1 atom stereocenters. The highest BCUT2D eigenvalue weighted by Crippen LogP contribution is 1.96. The van der Waals surface area contributed by atoms with E-state index in [1.54, 1.807) is 6.92 Å². The quantitative estimate of drug-likeness (QED) is 0.517. The fraction of sp³-hybridized carbons (Fsp3) is 0.750. The summed E-state index contributed by atoms with van der Waals surface area (Å²) in [5, 5.41) is 10.1. The van der Waals surface area contributed by atoms with Crippen LogP contribution in [0.1, 0.15) is 6.92 Å². The molecule has 36 valence electrons. The first kappa shape index (κ1) is 6.31. The molecule has 1 nitrogen and oxygen atoms in total. The van der Waals surface area contributed by atoms with Crippen LogP contribution in [-0.4, -0.2) is 11.9 Å². The van der Waals surface area contributed by atoms with Crippen LogP contribution in [0.2, 0.25) is 0 Å². The molecular weight excluding hydrogens is 96.1 g/mol. The van der Waals surface area contributed by atoms with Crippen molar-refractivity contribution in [1.82, 2.24) is 0 Å². The highest BCUT2D eigenvalue weighted by atomic mass is 32.2. The largest absolute Gasteiger partial charge is 0.233 e. The lowest BCUT2D eigenvalue weighted by atomic mass is 10.5.